The maximum absolute atomic E-state index is 11.0. The van der Waals surface area contributed by atoms with Crippen LogP contribution in [0.5, 0.6) is 0 Å². The van der Waals surface area contributed by atoms with Crippen molar-refractivity contribution in [2.24, 2.45) is 0 Å². The van der Waals surface area contributed by atoms with Crippen LogP contribution in [0.1, 0.15) is 5.56 Å². The number of nitrogens with one attached hydrogen (secondary N) is 1. The fourth-order valence-corrected chi connectivity index (χ4v) is 0.860. The van der Waals surface area contributed by atoms with Crippen LogP contribution in [0, 0.1) is 13.5 Å². The maximum atomic E-state index is 11.0. The zero-order chi connectivity index (χ0) is 9.68. The van der Waals surface area contributed by atoms with E-state index in [1.807, 2.05) is 13.0 Å². The zero-order valence-corrected chi connectivity index (χ0v) is 7.24. The molecule has 0 fully saturated rings. The molecule has 1 aromatic heterocycles. The number of hydrogen-bond acceptors (Lipinski definition) is 2. The minimum Gasteiger partial charge on any atom is -0.306 e. The molecule has 1 N–H and O–H groups in total. The lowest BCUT2D eigenvalue weighted by atomic mass is 10.3. The van der Waals surface area contributed by atoms with Crippen LogP contribution in [0.4, 0.5) is 5.82 Å². The third-order valence-electron chi connectivity index (χ3n) is 1.49. The van der Waals surface area contributed by atoms with Crippen LogP contribution < -0.4 is 5.32 Å². The Kier molecular flexibility index (Phi) is 2.98. The molecule has 0 aliphatic rings. The maximum Gasteiger partial charge on any atom is 0.305 e. The summed E-state index contributed by atoms with van der Waals surface area (Å²) in [5.41, 5.74) is 0.890. The smallest absolute Gasteiger partial charge is 0.305 e. The summed E-state index contributed by atoms with van der Waals surface area (Å²) in [5.74, 6) is 0.202. The fourth-order valence-electron chi connectivity index (χ4n) is 0.860. The molecule has 0 aromatic carbocycles. The minimum atomic E-state index is -0.322. The van der Waals surface area contributed by atoms with E-state index < -0.39 is 0 Å². The number of carbonyl (C=O) groups excluding carboxylic acids is 1. The SMILES string of the molecule is [C-]#[N+]CC(=O)Nc1ncccc1C. The summed E-state index contributed by atoms with van der Waals surface area (Å²) in [6.45, 7) is 8.19. The second kappa shape index (κ2) is 4.21. The third-order valence-corrected chi connectivity index (χ3v) is 1.49. The van der Waals surface area contributed by atoms with Gasteiger partial charge >= 0.3 is 5.91 Å². The molecule has 0 spiro atoms. The van der Waals surface area contributed by atoms with Gasteiger partial charge in [-0.15, -0.1) is 0 Å². The molecule has 13 heavy (non-hydrogen) atoms. The van der Waals surface area contributed by atoms with Gasteiger partial charge in [0.2, 0.25) is 0 Å². The molecule has 0 aliphatic heterocycles. The Bertz CT molecular complexity index is 354. The van der Waals surface area contributed by atoms with Gasteiger partial charge in [-0.3, -0.25) is 4.79 Å². The van der Waals surface area contributed by atoms with Crippen LogP contribution in [-0.2, 0) is 4.79 Å². The van der Waals surface area contributed by atoms with Gasteiger partial charge in [-0.25, -0.2) is 11.6 Å². The Labute approximate surface area is 76.4 Å². The standard InChI is InChI=1S/C9H9N3O/c1-7-4-3-5-11-9(7)12-8(13)6-10-2/h3-5H,6H2,1H3,(H,11,12,13). The van der Waals surface area contributed by atoms with Gasteiger partial charge in [-0.2, -0.15) is 0 Å². The van der Waals surface area contributed by atoms with E-state index in [0.717, 1.165) is 5.56 Å². The van der Waals surface area contributed by atoms with Crippen molar-refractivity contribution in [3.63, 3.8) is 0 Å². The predicted octanol–water partition coefficient (Wildman–Crippen LogP) is 1.25. The average Bonchev–Trinajstić information content (AvgIpc) is 2.09. The fraction of sp³-hybridized carbons (Fsp3) is 0.222. The van der Waals surface area contributed by atoms with Crippen LogP contribution >= 0.6 is 0 Å². The monoisotopic (exact) mass is 175 g/mol. The molecule has 1 heterocycles. The largest absolute Gasteiger partial charge is 0.306 e. The molecule has 0 atom stereocenters. The lowest BCUT2D eigenvalue weighted by Crippen LogP contribution is -2.15. The molecule has 0 saturated heterocycles. The molecule has 66 valence electrons. The van der Waals surface area contributed by atoms with E-state index >= 15 is 0 Å². The van der Waals surface area contributed by atoms with Crippen LogP contribution in [-0.4, -0.2) is 17.4 Å². The van der Waals surface area contributed by atoms with E-state index in [4.69, 9.17) is 6.57 Å². The van der Waals surface area contributed by atoms with Gasteiger partial charge in [0, 0.05) is 6.20 Å². The number of amides is 1. The second-order valence-corrected chi connectivity index (χ2v) is 2.53. The Hall–Kier alpha value is -1.89. The molecule has 0 saturated carbocycles. The quantitative estimate of drug-likeness (QED) is 0.687. The third kappa shape index (κ3) is 2.56. The molecule has 1 rings (SSSR count). The lowest BCUT2D eigenvalue weighted by Gasteiger charge is -2.02. The minimum absolute atomic E-state index is 0.157. The van der Waals surface area contributed by atoms with Crippen LogP contribution in [0.2, 0.25) is 0 Å². The van der Waals surface area contributed by atoms with Crippen molar-refractivity contribution in [3.05, 3.63) is 35.3 Å². The van der Waals surface area contributed by atoms with Crippen molar-refractivity contribution in [1.82, 2.24) is 4.98 Å². The first-order chi connectivity index (χ1) is 6.24. The van der Waals surface area contributed by atoms with E-state index in [9.17, 15) is 4.79 Å². The van der Waals surface area contributed by atoms with Gasteiger partial charge in [0.05, 0.1) is 0 Å². The van der Waals surface area contributed by atoms with E-state index in [1.54, 1.807) is 12.3 Å². The lowest BCUT2D eigenvalue weighted by molar-refractivity contribution is -0.114. The molecule has 0 unspecified atom stereocenters. The van der Waals surface area contributed by atoms with E-state index in [2.05, 4.69) is 15.1 Å². The molecule has 4 heteroatoms. The number of carbonyl (C=O) groups is 1. The first kappa shape index (κ1) is 9.20. The number of hydrogen-bond donors (Lipinski definition) is 1. The molecule has 1 aromatic rings. The van der Waals surface area contributed by atoms with Gasteiger partial charge in [0.25, 0.3) is 6.54 Å². The molecule has 0 radical (unpaired) electrons. The zero-order valence-electron chi connectivity index (χ0n) is 7.24. The topological polar surface area (TPSA) is 46.4 Å². The molecule has 4 nitrogen and oxygen atoms in total. The number of aryl methyl sites for hydroxylation is 1. The van der Waals surface area contributed by atoms with Gasteiger partial charge < -0.3 is 10.2 Å². The Morgan fingerprint density at radius 3 is 3.15 bits per heavy atom. The van der Waals surface area contributed by atoms with Gasteiger partial charge in [-0.1, -0.05) is 6.07 Å². The van der Waals surface area contributed by atoms with Crippen molar-refractivity contribution in [1.29, 1.82) is 0 Å². The van der Waals surface area contributed by atoms with Gasteiger partial charge in [0.1, 0.15) is 5.82 Å². The summed E-state index contributed by atoms with van der Waals surface area (Å²) in [5, 5.41) is 2.55. The normalized spacial score (nSPS) is 8.92. The highest BCUT2D eigenvalue weighted by molar-refractivity contribution is 5.92. The summed E-state index contributed by atoms with van der Waals surface area (Å²) in [4.78, 5) is 17.9. The Morgan fingerprint density at radius 2 is 2.54 bits per heavy atom. The highest BCUT2D eigenvalue weighted by Gasteiger charge is 2.06. The predicted molar refractivity (Wildman–Crippen MR) is 49.1 cm³/mol. The summed E-state index contributed by atoms with van der Waals surface area (Å²) < 4.78 is 0. The highest BCUT2D eigenvalue weighted by Crippen LogP contribution is 2.08. The van der Waals surface area contributed by atoms with Crippen LogP contribution in [0.15, 0.2) is 18.3 Å². The Balaban J connectivity index is 2.70. The average molecular weight is 175 g/mol. The van der Waals surface area contributed by atoms with Crippen molar-refractivity contribution in [3.8, 4) is 0 Å². The number of rotatable bonds is 2. The first-order valence-electron chi connectivity index (χ1n) is 3.78. The number of nitrogens with zero attached hydrogens (tertiary/aromatic N) is 2. The van der Waals surface area contributed by atoms with E-state index in [1.165, 1.54) is 0 Å². The van der Waals surface area contributed by atoms with Crippen LogP contribution in [0.25, 0.3) is 4.85 Å². The molecular weight excluding hydrogens is 166 g/mol. The highest BCUT2D eigenvalue weighted by atomic mass is 16.1. The Morgan fingerprint density at radius 1 is 1.77 bits per heavy atom. The number of anilines is 1. The van der Waals surface area contributed by atoms with Gasteiger partial charge in [0.15, 0.2) is 0 Å². The molecule has 0 bridgehead atoms. The molecular formula is C9H9N3O. The summed E-state index contributed by atoms with van der Waals surface area (Å²) in [6, 6.07) is 3.64. The molecule has 1 amide bonds. The number of pyridine rings is 1. The van der Waals surface area contributed by atoms with Crippen molar-refractivity contribution < 1.29 is 4.79 Å². The summed E-state index contributed by atoms with van der Waals surface area (Å²) in [7, 11) is 0. The van der Waals surface area contributed by atoms with E-state index in [-0.39, 0.29) is 12.5 Å². The van der Waals surface area contributed by atoms with Gasteiger partial charge in [-0.05, 0) is 18.6 Å². The second-order valence-electron chi connectivity index (χ2n) is 2.53. The van der Waals surface area contributed by atoms with Crippen molar-refractivity contribution in [2.45, 2.75) is 6.92 Å². The molecule has 0 aliphatic carbocycles. The van der Waals surface area contributed by atoms with Crippen molar-refractivity contribution >= 4 is 11.7 Å². The summed E-state index contributed by atoms with van der Waals surface area (Å²) >= 11 is 0. The van der Waals surface area contributed by atoms with E-state index in [0.29, 0.717) is 5.82 Å². The van der Waals surface area contributed by atoms with Crippen molar-refractivity contribution in [2.75, 3.05) is 11.9 Å². The number of aromatic nitrogens is 1. The summed E-state index contributed by atoms with van der Waals surface area (Å²) in [6.07, 6.45) is 1.60. The van der Waals surface area contributed by atoms with Crippen LogP contribution in [0.3, 0.4) is 0 Å². The first-order valence-corrected chi connectivity index (χ1v) is 3.78.